The van der Waals surface area contributed by atoms with Crippen LogP contribution in [0, 0.1) is 0 Å². The van der Waals surface area contributed by atoms with Gasteiger partial charge in [0.25, 0.3) is 5.91 Å². The van der Waals surface area contributed by atoms with Crippen LogP contribution in [0.3, 0.4) is 0 Å². The molecule has 0 fully saturated rings. The topological polar surface area (TPSA) is 38.3 Å². The molecule has 3 aromatic carbocycles. The number of nitrogens with one attached hydrogen (secondary N) is 1. The average Bonchev–Trinajstić information content (AvgIpc) is 2.98. The first-order valence-electron chi connectivity index (χ1n) is 8.39. The third-order valence-corrected chi connectivity index (χ3v) is 5.43. The van der Waals surface area contributed by atoms with Crippen LogP contribution < -0.4 is 10.1 Å². The first-order chi connectivity index (χ1) is 13.1. The largest absolute Gasteiger partial charge is 0.488 e. The smallest absolute Gasteiger partial charge is 0.256 e. The van der Waals surface area contributed by atoms with E-state index in [4.69, 9.17) is 4.74 Å². The molecule has 1 amide bonds. The number of ether oxygens (including phenoxy) is 1. The Bertz CT molecular complexity index is 1040. The molecule has 0 bridgehead atoms. The highest BCUT2D eigenvalue weighted by atomic mass is 79.9. The zero-order valence-corrected chi connectivity index (χ0v) is 17.4. The first kappa shape index (κ1) is 18.0. The van der Waals surface area contributed by atoms with Crippen molar-refractivity contribution >= 4 is 55.1 Å². The second kappa shape index (κ2) is 7.71. The summed E-state index contributed by atoms with van der Waals surface area (Å²) in [5.41, 5.74) is 4.47. The zero-order valence-electron chi connectivity index (χ0n) is 14.2. The van der Waals surface area contributed by atoms with Crippen LogP contribution in [0.25, 0.3) is 11.6 Å². The Balaban J connectivity index is 1.53. The summed E-state index contributed by atoms with van der Waals surface area (Å²) in [5.74, 6) is 0.680. The van der Waals surface area contributed by atoms with Gasteiger partial charge in [-0.3, -0.25) is 4.79 Å². The van der Waals surface area contributed by atoms with Crippen LogP contribution in [-0.2, 0) is 11.4 Å². The van der Waals surface area contributed by atoms with Crippen molar-refractivity contribution in [3.05, 3.63) is 92.4 Å². The Morgan fingerprint density at radius 2 is 1.74 bits per heavy atom. The van der Waals surface area contributed by atoms with E-state index in [1.54, 1.807) is 0 Å². The van der Waals surface area contributed by atoms with Crippen molar-refractivity contribution in [2.24, 2.45) is 0 Å². The molecule has 27 heavy (non-hydrogen) atoms. The van der Waals surface area contributed by atoms with Crippen molar-refractivity contribution in [3.8, 4) is 5.75 Å². The number of fused-ring (bicyclic) bond motifs is 1. The molecule has 3 aromatic rings. The molecule has 0 aliphatic carbocycles. The normalized spacial score (nSPS) is 14.1. The zero-order chi connectivity index (χ0) is 18.8. The number of amides is 1. The van der Waals surface area contributed by atoms with Crippen LogP contribution in [0.5, 0.6) is 5.75 Å². The van der Waals surface area contributed by atoms with Crippen LogP contribution in [-0.4, -0.2) is 5.91 Å². The fourth-order valence-electron chi connectivity index (χ4n) is 2.91. The number of hydrogen-bond donors (Lipinski definition) is 1. The lowest BCUT2D eigenvalue weighted by Crippen LogP contribution is -2.03. The van der Waals surface area contributed by atoms with Gasteiger partial charge in [0, 0.05) is 21.3 Å². The highest BCUT2D eigenvalue weighted by molar-refractivity contribution is 9.10. The summed E-state index contributed by atoms with van der Waals surface area (Å²) < 4.78 is 7.79. The number of halogens is 2. The molecular weight excluding hydrogens is 470 g/mol. The molecule has 1 aliphatic heterocycles. The van der Waals surface area contributed by atoms with E-state index in [2.05, 4.69) is 37.2 Å². The predicted octanol–water partition coefficient (Wildman–Crippen LogP) is 6.28. The van der Waals surface area contributed by atoms with Gasteiger partial charge in [-0.1, -0.05) is 52.3 Å². The van der Waals surface area contributed by atoms with E-state index in [0.717, 1.165) is 37.1 Å². The van der Waals surface area contributed by atoms with Gasteiger partial charge in [-0.05, 0) is 63.5 Å². The summed E-state index contributed by atoms with van der Waals surface area (Å²) >= 11 is 7.00. The fraction of sp³-hybridized carbons (Fsp3) is 0.0455. The van der Waals surface area contributed by atoms with E-state index in [-0.39, 0.29) is 5.91 Å². The maximum Gasteiger partial charge on any atom is 0.256 e. The standard InChI is InChI=1S/C22H15Br2NO2/c23-16-8-5-14(6-9-16)13-27-21-10-7-15(12-19(21)24)11-18-17-3-1-2-4-20(17)25-22(18)26/h1-12H,13H2,(H,25,26)/b18-11+. The lowest BCUT2D eigenvalue weighted by atomic mass is 10.0. The Morgan fingerprint density at radius 3 is 2.52 bits per heavy atom. The third kappa shape index (κ3) is 3.99. The Labute approximate surface area is 174 Å². The first-order valence-corrected chi connectivity index (χ1v) is 9.98. The SMILES string of the molecule is O=C1Nc2ccccc2/C1=C\c1ccc(OCc2ccc(Br)cc2)c(Br)c1. The monoisotopic (exact) mass is 483 g/mol. The molecule has 0 saturated heterocycles. The fourth-order valence-corrected chi connectivity index (χ4v) is 3.69. The molecule has 0 aromatic heterocycles. The second-order valence-corrected chi connectivity index (χ2v) is 7.93. The van der Waals surface area contributed by atoms with Crippen LogP contribution >= 0.6 is 31.9 Å². The number of benzene rings is 3. The number of hydrogen-bond acceptors (Lipinski definition) is 2. The molecule has 0 spiro atoms. The second-order valence-electron chi connectivity index (χ2n) is 6.16. The van der Waals surface area contributed by atoms with Gasteiger partial charge in [0.05, 0.1) is 4.47 Å². The molecule has 0 atom stereocenters. The van der Waals surface area contributed by atoms with Crippen LogP contribution in [0.2, 0.25) is 0 Å². The summed E-state index contributed by atoms with van der Waals surface area (Å²) in [4.78, 5) is 12.3. The van der Waals surface area contributed by atoms with Crippen molar-refractivity contribution in [2.75, 3.05) is 5.32 Å². The number of carbonyl (C=O) groups is 1. The molecule has 3 nitrogen and oxygen atoms in total. The molecule has 0 radical (unpaired) electrons. The molecule has 1 aliphatic rings. The van der Waals surface area contributed by atoms with Crippen LogP contribution in [0.15, 0.2) is 75.7 Å². The number of anilines is 1. The van der Waals surface area contributed by atoms with E-state index in [1.165, 1.54) is 0 Å². The van der Waals surface area contributed by atoms with Crippen LogP contribution in [0.4, 0.5) is 5.69 Å². The molecule has 0 saturated carbocycles. The van der Waals surface area contributed by atoms with E-state index in [9.17, 15) is 4.79 Å². The Morgan fingerprint density at radius 1 is 0.963 bits per heavy atom. The van der Waals surface area contributed by atoms with E-state index in [1.807, 2.05) is 72.8 Å². The van der Waals surface area contributed by atoms with E-state index in [0.29, 0.717) is 12.2 Å². The summed E-state index contributed by atoms with van der Waals surface area (Å²) in [6, 6.07) is 21.5. The van der Waals surface area contributed by atoms with Crippen molar-refractivity contribution in [1.82, 2.24) is 0 Å². The predicted molar refractivity (Wildman–Crippen MR) is 116 cm³/mol. The maximum atomic E-state index is 12.3. The average molecular weight is 485 g/mol. The minimum atomic E-state index is -0.0807. The highest BCUT2D eigenvalue weighted by Gasteiger charge is 2.23. The quantitative estimate of drug-likeness (QED) is 0.442. The number of rotatable bonds is 4. The number of carbonyl (C=O) groups excluding carboxylic acids is 1. The molecule has 4 rings (SSSR count). The summed E-state index contributed by atoms with van der Waals surface area (Å²) in [5, 5.41) is 2.89. The van der Waals surface area contributed by atoms with Gasteiger partial charge in [0.2, 0.25) is 0 Å². The van der Waals surface area contributed by atoms with Crippen molar-refractivity contribution < 1.29 is 9.53 Å². The van der Waals surface area contributed by atoms with Gasteiger partial charge in [0.15, 0.2) is 0 Å². The molecule has 1 N–H and O–H groups in total. The molecular formula is C22H15Br2NO2. The summed E-state index contributed by atoms with van der Waals surface area (Å²) in [6.07, 6.45) is 1.89. The summed E-state index contributed by atoms with van der Waals surface area (Å²) in [7, 11) is 0. The number of para-hydroxylation sites is 1. The third-order valence-electron chi connectivity index (χ3n) is 4.28. The lowest BCUT2D eigenvalue weighted by molar-refractivity contribution is -0.110. The molecule has 5 heteroatoms. The van der Waals surface area contributed by atoms with Crippen molar-refractivity contribution in [2.45, 2.75) is 6.61 Å². The minimum absolute atomic E-state index is 0.0807. The van der Waals surface area contributed by atoms with Gasteiger partial charge >= 0.3 is 0 Å². The van der Waals surface area contributed by atoms with Gasteiger partial charge in [0.1, 0.15) is 12.4 Å². The molecule has 1 heterocycles. The van der Waals surface area contributed by atoms with Crippen molar-refractivity contribution in [3.63, 3.8) is 0 Å². The molecule has 134 valence electrons. The van der Waals surface area contributed by atoms with Gasteiger partial charge < -0.3 is 10.1 Å². The Hall–Kier alpha value is -2.37. The van der Waals surface area contributed by atoms with E-state index < -0.39 is 0 Å². The maximum absolute atomic E-state index is 12.3. The van der Waals surface area contributed by atoms with E-state index >= 15 is 0 Å². The van der Waals surface area contributed by atoms with Crippen LogP contribution in [0.1, 0.15) is 16.7 Å². The Kier molecular flexibility index (Phi) is 5.14. The van der Waals surface area contributed by atoms with Gasteiger partial charge in [-0.15, -0.1) is 0 Å². The molecule has 0 unspecified atom stereocenters. The minimum Gasteiger partial charge on any atom is -0.488 e. The van der Waals surface area contributed by atoms with Gasteiger partial charge in [-0.2, -0.15) is 0 Å². The summed E-state index contributed by atoms with van der Waals surface area (Å²) in [6.45, 7) is 0.488. The lowest BCUT2D eigenvalue weighted by Gasteiger charge is -2.09. The van der Waals surface area contributed by atoms with Gasteiger partial charge in [-0.25, -0.2) is 0 Å². The highest BCUT2D eigenvalue weighted by Crippen LogP contribution is 2.34. The van der Waals surface area contributed by atoms with Crippen molar-refractivity contribution in [1.29, 1.82) is 0 Å².